The van der Waals surface area contributed by atoms with Crippen molar-refractivity contribution in [2.75, 3.05) is 32.6 Å². The van der Waals surface area contributed by atoms with Gasteiger partial charge in [0.05, 0.1) is 6.61 Å². The molecule has 1 aromatic carbocycles. The summed E-state index contributed by atoms with van der Waals surface area (Å²) < 4.78 is 31.5. The van der Waals surface area contributed by atoms with Gasteiger partial charge in [0, 0.05) is 26.3 Å². The van der Waals surface area contributed by atoms with Crippen molar-refractivity contribution in [3.8, 4) is 5.75 Å². The summed E-state index contributed by atoms with van der Waals surface area (Å²) in [6.45, 7) is 5.76. The maximum Gasteiger partial charge on any atom is 0.321 e. The highest BCUT2D eigenvalue weighted by Gasteiger charge is 2.24. The van der Waals surface area contributed by atoms with Crippen LogP contribution in [-0.4, -0.2) is 58.0 Å². The van der Waals surface area contributed by atoms with Gasteiger partial charge in [-0.25, -0.2) is 17.5 Å². The van der Waals surface area contributed by atoms with E-state index in [-0.39, 0.29) is 10.6 Å². The number of rotatable bonds is 8. The van der Waals surface area contributed by atoms with Gasteiger partial charge in [-0.3, -0.25) is 10.1 Å². The fourth-order valence-electron chi connectivity index (χ4n) is 2.01. The van der Waals surface area contributed by atoms with Gasteiger partial charge < -0.3 is 15.4 Å². The molecule has 1 rings (SSSR count). The average Bonchev–Trinajstić information content (AvgIpc) is 2.56. The van der Waals surface area contributed by atoms with Gasteiger partial charge in [0.25, 0.3) is 0 Å². The third kappa shape index (κ3) is 5.60. The first-order valence-corrected chi connectivity index (χ1v) is 9.62. The molecule has 3 amide bonds. The highest BCUT2D eigenvalue weighted by atomic mass is 32.2. The predicted molar refractivity (Wildman–Crippen MR) is 98.8 cm³/mol. The van der Waals surface area contributed by atoms with E-state index in [0.717, 1.165) is 4.31 Å². The number of carbonyl (C=O) groups is 2. The Bertz CT molecular complexity index is 749. The van der Waals surface area contributed by atoms with E-state index in [1.165, 1.54) is 26.2 Å². The Labute approximate surface area is 154 Å². The number of nitrogens with one attached hydrogen (secondary N) is 3. The van der Waals surface area contributed by atoms with E-state index in [9.17, 15) is 18.0 Å². The number of benzene rings is 1. The lowest BCUT2D eigenvalue weighted by Crippen LogP contribution is -2.45. The molecule has 0 bridgehead atoms. The molecule has 0 aliphatic heterocycles. The number of imide groups is 1. The van der Waals surface area contributed by atoms with Crippen molar-refractivity contribution >= 4 is 27.6 Å². The number of carbonyl (C=O) groups excluding carboxylic acids is 2. The zero-order chi connectivity index (χ0) is 19.9. The molecular weight excluding hydrogens is 360 g/mol. The number of hydrogen-bond acceptors (Lipinski definition) is 6. The Morgan fingerprint density at radius 3 is 2.42 bits per heavy atom. The first-order valence-electron chi connectivity index (χ1n) is 8.18. The molecular formula is C16H26N4O5S. The number of sulfonamides is 1. The third-order valence-corrected chi connectivity index (χ3v) is 5.19. The average molecular weight is 386 g/mol. The Balaban J connectivity index is 3.04. The molecule has 0 fully saturated rings. The minimum atomic E-state index is -3.73. The fourth-order valence-corrected chi connectivity index (χ4v) is 3.06. The predicted octanol–water partition coefficient (Wildman–Crippen LogP) is 0.982. The van der Waals surface area contributed by atoms with Crippen LogP contribution in [0.1, 0.15) is 20.8 Å². The molecule has 3 N–H and O–H groups in total. The van der Waals surface area contributed by atoms with Gasteiger partial charge in [-0.2, -0.15) is 0 Å². The highest BCUT2D eigenvalue weighted by Crippen LogP contribution is 2.29. The normalized spacial score (nSPS) is 12.4. The van der Waals surface area contributed by atoms with Crippen molar-refractivity contribution in [3.05, 3.63) is 18.2 Å². The first-order chi connectivity index (χ1) is 12.1. The lowest BCUT2D eigenvalue weighted by atomic mass is 10.2. The topological polar surface area (TPSA) is 117 Å². The number of amides is 3. The molecule has 0 saturated carbocycles. The standard InChI is InChI=1S/C16H26N4O5S/c1-6-17-16(22)19-15(21)11(3)18-12-8-9-13(25-7-2)14(10-12)26(23,24)20(4)5/h8-11,18H,6-7H2,1-5H3,(H2,17,19,21,22)/t11-/m0/s1. The van der Waals surface area contributed by atoms with Gasteiger partial charge in [-0.1, -0.05) is 0 Å². The quantitative estimate of drug-likeness (QED) is 0.613. The molecule has 0 aliphatic rings. The maximum atomic E-state index is 12.5. The minimum Gasteiger partial charge on any atom is -0.492 e. The molecule has 0 unspecified atom stereocenters. The van der Waals surface area contributed by atoms with E-state index in [1.807, 2.05) is 0 Å². The molecule has 146 valence electrons. The molecule has 1 atom stereocenters. The smallest absolute Gasteiger partial charge is 0.321 e. The summed E-state index contributed by atoms with van der Waals surface area (Å²) in [6.07, 6.45) is 0. The van der Waals surface area contributed by atoms with Crippen LogP contribution in [0.4, 0.5) is 10.5 Å². The van der Waals surface area contributed by atoms with E-state index >= 15 is 0 Å². The molecule has 0 saturated heterocycles. The SMILES string of the molecule is CCNC(=O)NC(=O)[C@H](C)Nc1ccc(OCC)c(S(=O)(=O)N(C)C)c1. The molecule has 0 spiro atoms. The van der Waals surface area contributed by atoms with Crippen LogP contribution in [0.15, 0.2) is 23.1 Å². The highest BCUT2D eigenvalue weighted by molar-refractivity contribution is 7.89. The van der Waals surface area contributed by atoms with Crippen molar-refractivity contribution in [1.29, 1.82) is 0 Å². The van der Waals surface area contributed by atoms with E-state index in [0.29, 0.717) is 18.8 Å². The molecule has 1 aromatic rings. The van der Waals surface area contributed by atoms with Crippen LogP contribution in [0.3, 0.4) is 0 Å². The Morgan fingerprint density at radius 2 is 1.88 bits per heavy atom. The van der Waals surface area contributed by atoms with Crippen LogP contribution in [0, 0.1) is 0 Å². The van der Waals surface area contributed by atoms with Crippen LogP contribution in [-0.2, 0) is 14.8 Å². The number of anilines is 1. The molecule has 26 heavy (non-hydrogen) atoms. The van der Waals surface area contributed by atoms with Gasteiger partial charge in [0.2, 0.25) is 15.9 Å². The van der Waals surface area contributed by atoms with Crippen LogP contribution in [0.5, 0.6) is 5.75 Å². The maximum absolute atomic E-state index is 12.5. The monoisotopic (exact) mass is 386 g/mol. The largest absolute Gasteiger partial charge is 0.492 e. The van der Waals surface area contributed by atoms with E-state index < -0.39 is 28.0 Å². The van der Waals surface area contributed by atoms with Crippen molar-refractivity contribution in [3.63, 3.8) is 0 Å². The van der Waals surface area contributed by atoms with E-state index in [1.54, 1.807) is 26.8 Å². The zero-order valence-electron chi connectivity index (χ0n) is 15.6. The molecule has 9 nitrogen and oxygen atoms in total. The summed E-state index contributed by atoms with van der Waals surface area (Å²) in [5, 5.41) is 7.53. The Hall–Kier alpha value is -2.33. The van der Waals surface area contributed by atoms with Crippen molar-refractivity contribution in [2.24, 2.45) is 0 Å². The summed E-state index contributed by atoms with van der Waals surface area (Å²) >= 11 is 0. The second kappa shape index (κ2) is 9.39. The van der Waals surface area contributed by atoms with Crippen molar-refractivity contribution in [1.82, 2.24) is 14.9 Å². The molecule has 0 radical (unpaired) electrons. The van der Waals surface area contributed by atoms with Gasteiger partial charge in [-0.15, -0.1) is 0 Å². The fraction of sp³-hybridized carbons (Fsp3) is 0.500. The number of urea groups is 1. The Morgan fingerprint density at radius 1 is 1.23 bits per heavy atom. The van der Waals surface area contributed by atoms with E-state index in [4.69, 9.17) is 4.74 Å². The van der Waals surface area contributed by atoms with Crippen LogP contribution < -0.4 is 20.7 Å². The number of nitrogens with zero attached hydrogens (tertiary/aromatic N) is 1. The van der Waals surface area contributed by atoms with Crippen LogP contribution in [0.2, 0.25) is 0 Å². The van der Waals surface area contributed by atoms with Crippen molar-refractivity contribution in [2.45, 2.75) is 31.7 Å². The summed E-state index contributed by atoms with van der Waals surface area (Å²) in [4.78, 5) is 23.4. The van der Waals surface area contributed by atoms with Gasteiger partial charge in [-0.05, 0) is 39.0 Å². The second-order valence-electron chi connectivity index (χ2n) is 5.60. The second-order valence-corrected chi connectivity index (χ2v) is 7.72. The number of hydrogen-bond donors (Lipinski definition) is 3. The molecule has 0 aliphatic carbocycles. The summed E-state index contributed by atoms with van der Waals surface area (Å²) in [6, 6.07) is 3.18. The van der Waals surface area contributed by atoms with Crippen LogP contribution >= 0.6 is 0 Å². The molecule has 0 aromatic heterocycles. The first kappa shape index (κ1) is 21.7. The summed E-state index contributed by atoms with van der Waals surface area (Å²) in [7, 11) is -0.883. The molecule has 0 heterocycles. The number of ether oxygens (including phenoxy) is 1. The van der Waals surface area contributed by atoms with Gasteiger partial charge >= 0.3 is 6.03 Å². The lowest BCUT2D eigenvalue weighted by molar-refractivity contribution is -0.120. The van der Waals surface area contributed by atoms with Crippen LogP contribution in [0.25, 0.3) is 0 Å². The van der Waals surface area contributed by atoms with E-state index in [2.05, 4.69) is 16.0 Å². The summed E-state index contributed by atoms with van der Waals surface area (Å²) in [5.74, 6) is -0.312. The lowest BCUT2D eigenvalue weighted by Gasteiger charge is -2.19. The minimum absolute atomic E-state index is 0.00863. The third-order valence-electron chi connectivity index (χ3n) is 3.35. The van der Waals surface area contributed by atoms with Gasteiger partial charge in [0.15, 0.2) is 0 Å². The summed E-state index contributed by atoms with van der Waals surface area (Å²) in [5.41, 5.74) is 0.410. The molecule has 10 heteroatoms. The van der Waals surface area contributed by atoms with Gasteiger partial charge in [0.1, 0.15) is 16.7 Å². The van der Waals surface area contributed by atoms with Crippen molar-refractivity contribution < 1.29 is 22.7 Å². The Kier molecular flexibility index (Phi) is 7.84. The zero-order valence-corrected chi connectivity index (χ0v) is 16.4.